The number of phenolic OH excluding ortho intramolecular Hbond substituents is 1. The van der Waals surface area contributed by atoms with Crippen LogP contribution in [0.2, 0.25) is 0 Å². The van der Waals surface area contributed by atoms with E-state index in [0.29, 0.717) is 5.56 Å². The van der Waals surface area contributed by atoms with Crippen LogP contribution in [0.1, 0.15) is 36.8 Å². The second-order valence-corrected chi connectivity index (χ2v) is 13.8. The van der Waals surface area contributed by atoms with Crippen molar-refractivity contribution in [1.82, 2.24) is 4.90 Å². The Morgan fingerprint density at radius 3 is 2.12 bits per heavy atom. The minimum Gasteiger partial charge on any atom is -0.504 e. The number of ether oxygens (including phenoxy) is 1. The van der Waals surface area contributed by atoms with Crippen molar-refractivity contribution < 1.29 is 51.0 Å². The number of anilines is 1. The average Bonchev–Trinajstić information content (AvgIpc) is 3.42. The maximum atomic E-state index is 15.2. The molecule has 6 atom stereocenters. The summed E-state index contributed by atoms with van der Waals surface area (Å²) < 4.78 is 78.9. The van der Waals surface area contributed by atoms with Gasteiger partial charge in [0.05, 0.1) is 25.0 Å². The molecule has 3 aromatic rings. The first-order valence-corrected chi connectivity index (χ1v) is 16.3. The first kappa shape index (κ1) is 34.0. The fourth-order valence-electron chi connectivity index (χ4n) is 7.94. The van der Waals surface area contributed by atoms with Gasteiger partial charge in [0.15, 0.2) is 44.5 Å². The highest BCUT2D eigenvalue weighted by Gasteiger charge is 2.77. The molecule has 3 fully saturated rings. The van der Waals surface area contributed by atoms with Gasteiger partial charge in [0.25, 0.3) is 11.8 Å². The van der Waals surface area contributed by atoms with Crippen molar-refractivity contribution in [2.24, 2.45) is 17.8 Å². The summed E-state index contributed by atoms with van der Waals surface area (Å²) >= 11 is 14.3. The number of amides is 4. The molecule has 0 spiro atoms. The standard InChI is InChI=1S/C35H25Cl2F5N2O6/c1-2-50-20-10-6-9-18(29(20)45)22-16-11-12-17-21(31(47)43(30(17)46)14-15-7-4-3-5-8-15)19(16)13-34(36)32(48)44(33(49)35(22,34)37)28-26(41)24(39)23(38)25(40)27(28)42/h3-11,17,19,21-22,45H,2,12-14H2,1H3/t17-,19+,21-,22+,34+,35-/m0/s1. The number of carbonyl (C=O) groups is 4. The van der Waals surface area contributed by atoms with Crippen LogP contribution in [0.15, 0.2) is 60.2 Å². The molecule has 50 heavy (non-hydrogen) atoms. The van der Waals surface area contributed by atoms with Gasteiger partial charge in [-0.3, -0.25) is 24.1 Å². The Morgan fingerprint density at radius 2 is 1.48 bits per heavy atom. The zero-order chi connectivity index (χ0) is 36.0. The number of phenols is 1. The van der Waals surface area contributed by atoms with E-state index in [4.69, 9.17) is 27.9 Å². The predicted molar refractivity (Wildman–Crippen MR) is 168 cm³/mol. The maximum absolute atomic E-state index is 15.2. The summed E-state index contributed by atoms with van der Waals surface area (Å²) in [6, 6.07) is 12.8. The number of fused-ring (bicyclic) bond motifs is 4. The lowest BCUT2D eigenvalue weighted by Gasteiger charge is -2.50. The molecule has 0 bridgehead atoms. The van der Waals surface area contributed by atoms with Crippen LogP contribution in [0.3, 0.4) is 0 Å². The summed E-state index contributed by atoms with van der Waals surface area (Å²) in [5, 5.41) is 11.4. The number of likely N-dealkylation sites (tertiary alicyclic amines) is 1. The lowest BCUT2D eigenvalue weighted by atomic mass is 9.56. The molecule has 7 rings (SSSR count). The topological polar surface area (TPSA) is 104 Å². The van der Waals surface area contributed by atoms with Crippen LogP contribution in [0, 0.1) is 46.8 Å². The van der Waals surface area contributed by atoms with Crippen LogP contribution in [-0.4, -0.2) is 50.0 Å². The molecule has 8 nitrogen and oxygen atoms in total. The fourth-order valence-corrected chi connectivity index (χ4v) is 8.87. The van der Waals surface area contributed by atoms with Crippen molar-refractivity contribution in [2.75, 3.05) is 11.5 Å². The summed E-state index contributed by atoms with van der Waals surface area (Å²) in [6.07, 6.45) is 0.878. The summed E-state index contributed by atoms with van der Waals surface area (Å²) in [5.74, 6) is -22.1. The highest BCUT2D eigenvalue weighted by Crippen LogP contribution is 2.67. The van der Waals surface area contributed by atoms with Crippen LogP contribution in [0.4, 0.5) is 27.6 Å². The van der Waals surface area contributed by atoms with Crippen molar-refractivity contribution in [3.8, 4) is 11.5 Å². The maximum Gasteiger partial charge on any atom is 0.258 e. The van der Waals surface area contributed by atoms with Gasteiger partial charge in [-0.15, -0.1) is 23.2 Å². The Labute approximate surface area is 291 Å². The van der Waals surface area contributed by atoms with E-state index in [-0.39, 0.29) is 41.4 Å². The largest absolute Gasteiger partial charge is 0.504 e. The van der Waals surface area contributed by atoms with Crippen molar-refractivity contribution in [3.05, 3.63) is 100 Å². The van der Waals surface area contributed by atoms with E-state index in [9.17, 15) is 37.5 Å². The first-order chi connectivity index (χ1) is 23.7. The lowest BCUT2D eigenvalue weighted by molar-refractivity contribution is -0.141. The molecule has 0 unspecified atom stereocenters. The van der Waals surface area contributed by atoms with Crippen molar-refractivity contribution >= 4 is 52.5 Å². The van der Waals surface area contributed by atoms with Gasteiger partial charge in [0, 0.05) is 11.5 Å². The Kier molecular flexibility index (Phi) is 8.02. The minimum atomic E-state index is -2.77. The first-order valence-electron chi connectivity index (χ1n) is 15.5. The molecule has 4 amide bonds. The Hall–Kier alpha value is -4.49. The van der Waals surface area contributed by atoms with Crippen LogP contribution in [-0.2, 0) is 25.7 Å². The van der Waals surface area contributed by atoms with Gasteiger partial charge >= 0.3 is 0 Å². The minimum absolute atomic E-state index is 0.0273. The van der Waals surface area contributed by atoms with E-state index in [1.54, 1.807) is 43.3 Å². The monoisotopic (exact) mass is 734 g/mol. The van der Waals surface area contributed by atoms with Gasteiger partial charge in [-0.1, -0.05) is 54.1 Å². The third kappa shape index (κ3) is 4.41. The molecule has 2 aliphatic carbocycles. The third-order valence-corrected chi connectivity index (χ3v) is 11.6. The van der Waals surface area contributed by atoms with Crippen LogP contribution < -0.4 is 9.64 Å². The molecular weight excluding hydrogens is 710 g/mol. The lowest BCUT2D eigenvalue weighted by Crippen LogP contribution is -2.60. The molecule has 2 saturated heterocycles. The van der Waals surface area contributed by atoms with Crippen LogP contribution in [0.25, 0.3) is 0 Å². The number of rotatable bonds is 6. The number of para-hydroxylation sites is 1. The summed E-state index contributed by atoms with van der Waals surface area (Å²) in [6.45, 7) is 1.65. The van der Waals surface area contributed by atoms with E-state index in [2.05, 4.69) is 0 Å². The van der Waals surface area contributed by atoms with Gasteiger partial charge in [0.2, 0.25) is 17.6 Å². The molecule has 4 aliphatic rings. The molecular formula is C35H25Cl2F5N2O6. The molecule has 3 aromatic carbocycles. The second-order valence-electron chi connectivity index (χ2n) is 12.6. The van der Waals surface area contributed by atoms with Crippen LogP contribution >= 0.6 is 23.2 Å². The quantitative estimate of drug-likeness (QED) is 0.0803. The molecule has 260 valence electrons. The normalized spacial score (nSPS) is 28.8. The summed E-state index contributed by atoms with van der Waals surface area (Å²) in [7, 11) is 0. The van der Waals surface area contributed by atoms with Crippen molar-refractivity contribution in [3.63, 3.8) is 0 Å². The van der Waals surface area contributed by atoms with E-state index < -0.39 is 104 Å². The third-order valence-electron chi connectivity index (χ3n) is 10.1. The molecule has 0 aromatic heterocycles. The Balaban J connectivity index is 1.42. The molecule has 15 heteroatoms. The van der Waals surface area contributed by atoms with Crippen molar-refractivity contribution in [1.29, 1.82) is 0 Å². The van der Waals surface area contributed by atoms with Gasteiger partial charge < -0.3 is 9.84 Å². The Bertz CT molecular complexity index is 2020. The molecule has 2 heterocycles. The predicted octanol–water partition coefficient (Wildman–Crippen LogP) is 6.25. The number of alkyl halides is 2. The van der Waals surface area contributed by atoms with E-state index in [0.717, 1.165) is 4.90 Å². The zero-order valence-corrected chi connectivity index (χ0v) is 27.4. The number of carbonyl (C=O) groups excluding carboxylic acids is 4. The number of benzene rings is 3. The van der Waals surface area contributed by atoms with Gasteiger partial charge in [-0.2, -0.15) is 0 Å². The van der Waals surface area contributed by atoms with E-state index in [1.807, 2.05) is 0 Å². The SMILES string of the molecule is CCOc1cccc([C@H]2C3=CC[C@@H]4C(=O)N(Cc5ccccc5)C(=O)[C@@H]4[C@@H]3C[C@@]3(Cl)C(=O)N(c4c(F)c(F)c(F)c(F)c4F)C(=O)[C@@]23Cl)c1O. The number of halogens is 7. The van der Waals surface area contributed by atoms with Crippen molar-refractivity contribution in [2.45, 2.75) is 42.0 Å². The van der Waals surface area contributed by atoms with Gasteiger partial charge in [-0.25, -0.2) is 26.9 Å². The number of nitrogens with zero attached hydrogens (tertiary/aromatic N) is 2. The van der Waals surface area contributed by atoms with Gasteiger partial charge in [0.1, 0.15) is 5.69 Å². The second kappa shape index (κ2) is 11.8. The number of hydrogen-bond acceptors (Lipinski definition) is 6. The smallest absolute Gasteiger partial charge is 0.258 e. The zero-order valence-electron chi connectivity index (χ0n) is 25.9. The number of aromatic hydroxyl groups is 1. The highest BCUT2D eigenvalue weighted by molar-refractivity contribution is 6.58. The van der Waals surface area contributed by atoms with Crippen LogP contribution in [0.5, 0.6) is 11.5 Å². The molecule has 0 radical (unpaired) electrons. The summed E-state index contributed by atoms with van der Waals surface area (Å²) in [4.78, 5) is 51.9. The van der Waals surface area contributed by atoms with E-state index >= 15 is 8.78 Å². The highest BCUT2D eigenvalue weighted by atomic mass is 35.5. The fraction of sp³-hybridized carbons (Fsp3) is 0.314. The number of allylic oxidation sites excluding steroid dienone is 2. The molecule has 1 N–H and O–H groups in total. The molecule has 2 aliphatic heterocycles. The summed E-state index contributed by atoms with van der Waals surface area (Å²) in [5.41, 5.74) is -1.15. The average molecular weight is 735 g/mol. The number of hydrogen-bond donors (Lipinski definition) is 1. The van der Waals surface area contributed by atoms with E-state index in [1.165, 1.54) is 18.2 Å². The number of imide groups is 2. The van der Waals surface area contributed by atoms with Gasteiger partial charge in [-0.05, 0) is 37.3 Å². The Morgan fingerprint density at radius 1 is 0.840 bits per heavy atom. The molecule has 1 saturated carbocycles.